The molecular formula is C17H20ClN5O2. The number of nitrogens with zero attached hydrogens (tertiary/aromatic N) is 1. The molecule has 0 saturated heterocycles. The van der Waals surface area contributed by atoms with Crippen molar-refractivity contribution in [3.8, 4) is 0 Å². The van der Waals surface area contributed by atoms with Crippen molar-refractivity contribution in [3.05, 3.63) is 41.2 Å². The van der Waals surface area contributed by atoms with Gasteiger partial charge in [-0.2, -0.15) is 5.10 Å². The Balaban J connectivity index is 0.00000182. The van der Waals surface area contributed by atoms with E-state index in [-0.39, 0.29) is 30.1 Å². The summed E-state index contributed by atoms with van der Waals surface area (Å²) < 4.78 is 0. The van der Waals surface area contributed by atoms with Gasteiger partial charge in [0.05, 0.1) is 0 Å². The molecule has 4 rings (SSSR count). The van der Waals surface area contributed by atoms with Crippen molar-refractivity contribution in [3.63, 3.8) is 0 Å². The van der Waals surface area contributed by atoms with Crippen LogP contribution in [0.15, 0.2) is 24.3 Å². The van der Waals surface area contributed by atoms with E-state index >= 15 is 0 Å². The second-order valence-corrected chi connectivity index (χ2v) is 6.25. The van der Waals surface area contributed by atoms with E-state index in [9.17, 15) is 9.59 Å². The van der Waals surface area contributed by atoms with Gasteiger partial charge in [-0.1, -0.05) is 6.07 Å². The van der Waals surface area contributed by atoms with E-state index in [2.05, 4.69) is 26.1 Å². The number of anilines is 2. The number of nitrogens with one attached hydrogen (secondary N) is 4. The average molecular weight is 362 g/mol. The predicted molar refractivity (Wildman–Crippen MR) is 97.0 cm³/mol. The topological polar surface area (TPSA) is 98.9 Å². The highest BCUT2D eigenvalue weighted by Gasteiger charge is 2.29. The summed E-state index contributed by atoms with van der Waals surface area (Å²) >= 11 is 0. The van der Waals surface area contributed by atoms with Gasteiger partial charge in [0.1, 0.15) is 0 Å². The third-order valence-electron chi connectivity index (χ3n) is 4.36. The Hall–Kier alpha value is -2.38. The van der Waals surface area contributed by atoms with Crippen LogP contribution in [0.5, 0.6) is 0 Å². The van der Waals surface area contributed by atoms with Crippen molar-refractivity contribution < 1.29 is 9.59 Å². The normalized spacial score (nSPS) is 15.7. The minimum absolute atomic E-state index is 0. The number of carbonyl (C=O) groups excluding carboxylic acids is 2. The van der Waals surface area contributed by atoms with E-state index in [1.807, 2.05) is 6.07 Å². The molecule has 1 aromatic carbocycles. The number of carbonyl (C=O) groups is 2. The standard InChI is InChI=1S/C17H19N5O2.ClH/c23-16(10-4-5-10)19-11-2-1-3-12(8-11)20-17(24)15-13-9-18-7-6-14(13)21-22-15;/h1-3,8,10,18H,4-7,9H2,(H,19,23)(H,20,24)(H,21,22);1H. The molecule has 7 nitrogen and oxygen atoms in total. The molecule has 2 amide bonds. The molecule has 132 valence electrons. The Kier molecular flexibility index (Phi) is 5.06. The molecule has 2 heterocycles. The molecule has 1 saturated carbocycles. The number of halogens is 1. The zero-order chi connectivity index (χ0) is 16.5. The maximum atomic E-state index is 12.5. The molecule has 2 aliphatic rings. The van der Waals surface area contributed by atoms with Crippen LogP contribution in [-0.4, -0.2) is 28.6 Å². The summed E-state index contributed by atoms with van der Waals surface area (Å²) in [6, 6.07) is 7.17. The minimum Gasteiger partial charge on any atom is -0.326 e. The molecule has 0 unspecified atom stereocenters. The van der Waals surface area contributed by atoms with Crippen molar-refractivity contribution in [2.24, 2.45) is 5.92 Å². The van der Waals surface area contributed by atoms with Crippen molar-refractivity contribution in [1.29, 1.82) is 0 Å². The fourth-order valence-corrected chi connectivity index (χ4v) is 2.87. The molecule has 0 spiro atoms. The quantitative estimate of drug-likeness (QED) is 0.670. The Labute approximate surface area is 151 Å². The van der Waals surface area contributed by atoms with Crippen molar-refractivity contribution in [2.45, 2.75) is 25.8 Å². The predicted octanol–water partition coefficient (Wildman–Crippen LogP) is 2.08. The number of fused-ring (bicyclic) bond motifs is 1. The fourth-order valence-electron chi connectivity index (χ4n) is 2.87. The summed E-state index contributed by atoms with van der Waals surface area (Å²) in [6.45, 7) is 1.53. The Morgan fingerprint density at radius 1 is 1.16 bits per heavy atom. The molecule has 4 N–H and O–H groups in total. The van der Waals surface area contributed by atoms with E-state index < -0.39 is 0 Å². The van der Waals surface area contributed by atoms with Crippen LogP contribution in [0.4, 0.5) is 11.4 Å². The Morgan fingerprint density at radius 2 is 1.92 bits per heavy atom. The van der Waals surface area contributed by atoms with Crippen LogP contribution in [0.2, 0.25) is 0 Å². The number of hydrogen-bond acceptors (Lipinski definition) is 4. The lowest BCUT2D eigenvalue weighted by molar-refractivity contribution is -0.117. The first-order valence-corrected chi connectivity index (χ1v) is 8.20. The molecule has 1 fully saturated rings. The minimum atomic E-state index is -0.248. The van der Waals surface area contributed by atoms with E-state index in [4.69, 9.17) is 0 Å². The second kappa shape index (κ2) is 7.25. The summed E-state index contributed by atoms with van der Waals surface area (Å²) in [7, 11) is 0. The first-order chi connectivity index (χ1) is 11.7. The number of amides is 2. The van der Waals surface area contributed by atoms with E-state index in [1.165, 1.54) is 0 Å². The zero-order valence-corrected chi connectivity index (χ0v) is 14.4. The Bertz CT molecular complexity index is 800. The highest BCUT2D eigenvalue weighted by atomic mass is 35.5. The Morgan fingerprint density at radius 3 is 2.68 bits per heavy atom. The first kappa shape index (κ1) is 17.4. The number of hydrogen-bond donors (Lipinski definition) is 4. The average Bonchev–Trinajstić information content (AvgIpc) is 3.34. The van der Waals surface area contributed by atoms with Crippen LogP contribution in [0.1, 0.15) is 34.6 Å². The molecule has 1 aliphatic carbocycles. The van der Waals surface area contributed by atoms with Crippen LogP contribution >= 0.6 is 12.4 Å². The second-order valence-electron chi connectivity index (χ2n) is 6.25. The smallest absolute Gasteiger partial charge is 0.276 e. The maximum Gasteiger partial charge on any atom is 0.276 e. The lowest BCUT2D eigenvalue weighted by Gasteiger charge is -2.13. The summed E-state index contributed by atoms with van der Waals surface area (Å²) in [5.74, 6) is -0.0564. The SMILES string of the molecule is Cl.O=C(Nc1cccc(NC(=O)C2CC2)c1)c1n[nH]c2c1CNCC2. The molecule has 25 heavy (non-hydrogen) atoms. The van der Waals surface area contributed by atoms with E-state index in [1.54, 1.807) is 18.2 Å². The molecule has 1 aromatic heterocycles. The van der Waals surface area contributed by atoms with E-state index in [0.29, 0.717) is 23.6 Å². The number of benzene rings is 1. The molecule has 8 heteroatoms. The monoisotopic (exact) mass is 361 g/mol. The van der Waals surface area contributed by atoms with Gasteiger partial charge in [-0.15, -0.1) is 12.4 Å². The molecule has 0 radical (unpaired) electrons. The van der Waals surface area contributed by atoms with Gasteiger partial charge in [-0.05, 0) is 31.0 Å². The van der Waals surface area contributed by atoms with Crippen LogP contribution in [-0.2, 0) is 17.8 Å². The summed E-state index contributed by atoms with van der Waals surface area (Å²) in [6.07, 6.45) is 2.76. The highest BCUT2D eigenvalue weighted by molar-refractivity contribution is 6.04. The third kappa shape index (κ3) is 3.83. The fraction of sp³-hybridized carbons (Fsp3) is 0.353. The number of H-pyrrole nitrogens is 1. The summed E-state index contributed by atoms with van der Waals surface area (Å²) in [5, 5.41) is 16.1. The van der Waals surface area contributed by atoms with Crippen LogP contribution in [0.25, 0.3) is 0 Å². The van der Waals surface area contributed by atoms with Gasteiger partial charge < -0.3 is 16.0 Å². The maximum absolute atomic E-state index is 12.5. The summed E-state index contributed by atoms with van der Waals surface area (Å²) in [4.78, 5) is 24.3. The van der Waals surface area contributed by atoms with Gasteiger partial charge in [-0.25, -0.2) is 0 Å². The van der Waals surface area contributed by atoms with Gasteiger partial charge in [-0.3, -0.25) is 14.7 Å². The lowest BCUT2D eigenvalue weighted by atomic mass is 10.1. The van der Waals surface area contributed by atoms with Gasteiger partial charge in [0.15, 0.2) is 5.69 Å². The van der Waals surface area contributed by atoms with Gasteiger partial charge in [0, 0.05) is 48.1 Å². The number of aromatic nitrogens is 2. The third-order valence-corrected chi connectivity index (χ3v) is 4.36. The zero-order valence-electron chi connectivity index (χ0n) is 13.6. The van der Waals surface area contributed by atoms with Crippen molar-refractivity contribution in [2.75, 3.05) is 17.2 Å². The van der Waals surface area contributed by atoms with Crippen LogP contribution in [0.3, 0.4) is 0 Å². The molecule has 0 bridgehead atoms. The lowest BCUT2D eigenvalue weighted by Crippen LogP contribution is -2.25. The highest BCUT2D eigenvalue weighted by Crippen LogP contribution is 2.30. The molecular weight excluding hydrogens is 342 g/mol. The van der Waals surface area contributed by atoms with E-state index in [0.717, 1.165) is 37.1 Å². The summed E-state index contributed by atoms with van der Waals surface area (Å²) in [5.41, 5.74) is 3.69. The van der Waals surface area contributed by atoms with Gasteiger partial charge >= 0.3 is 0 Å². The first-order valence-electron chi connectivity index (χ1n) is 8.20. The molecule has 2 aromatic rings. The van der Waals surface area contributed by atoms with Gasteiger partial charge in [0.25, 0.3) is 5.91 Å². The van der Waals surface area contributed by atoms with Crippen molar-refractivity contribution >= 4 is 35.6 Å². The number of aromatic amines is 1. The van der Waals surface area contributed by atoms with Crippen LogP contribution < -0.4 is 16.0 Å². The van der Waals surface area contributed by atoms with Crippen molar-refractivity contribution in [1.82, 2.24) is 15.5 Å². The molecule has 1 aliphatic heterocycles. The van der Waals surface area contributed by atoms with Crippen LogP contribution in [0, 0.1) is 5.92 Å². The number of rotatable bonds is 4. The largest absolute Gasteiger partial charge is 0.326 e. The van der Waals surface area contributed by atoms with Gasteiger partial charge in [0.2, 0.25) is 5.91 Å². The molecule has 0 atom stereocenters.